The van der Waals surface area contributed by atoms with Crippen LogP contribution in [0, 0.1) is 13.8 Å². The fourth-order valence-corrected chi connectivity index (χ4v) is 3.20. The summed E-state index contributed by atoms with van der Waals surface area (Å²) in [6, 6.07) is 7.08. The van der Waals surface area contributed by atoms with Gasteiger partial charge in [0, 0.05) is 4.88 Å². The number of hydrogen-bond acceptors (Lipinski definition) is 4. The molecule has 1 N–H and O–H groups in total. The van der Waals surface area contributed by atoms with Gasteiger partial charge in [0.2, 0.25) is 0 Å². The first kappa shape index (κ1) is 14.7. The number of thiophene rings is 1. The Morgan fingerprint density at radius 3 is 2.45 bits per heavy atom. The summed E-state index contributed by atoms with van der Waals surface area (Å²) in [6.07, 6.45) is 0. The molecule has 7 heteroatoms. The smallest absolute Gasteiger partial charge is 0.320 e. The lowest BCUT2D eigenvalue weighted by atomic mass is 10.2. The molecule has 4 nitrogen and oxygen atoms in total. The normalized spacial score (nSPS) is 11.3. The average molecular weight is 313 g/mol. The summed E-state index contributed by atoms with van der Waals surface area (Å²) in [5, 5.41) is 2.43. The SMILES string of the molecule is Cc1cc(C(=O)Nc2ccccc2S(=O)(=O)F)sc1C. The minimum Gasteiger partial charge on any atom is -0.320 e. The molecule has 0 aliphatic rings. The highest BCUT2D eigenvalue weighted by Gasteiger charge is 2.19. The summed E-state index contributed by atoms with van der Waals surface area (Å²) in [5.41, 5.74) is 0.912. The minimum atomic E-state index is -4.88. The van der Waals surface area contributed by atoms with Crippen molar-refractivity contribution in [3.8, 4) is 0 Å². The summed E-state index contributed by atoms with van der Waals surface area (Å²) < 4.78 is 35.2. The molecular formula is C13H12FNO3S2. The molecule has 0 aliphatic carbocycles. The molecule has 0 bridgehead atoms. The third kappa shape index (κ3) is 3.05. The lowest BCUT2D eigenvalue weighted by Crippen LogP contribution is -2.12. The molecule has 2 rings (SSSR count). The van der Waals surface area contributed by atoms with Crippen LogP contribution in [0.1, 0.15) is 20.1 Å². The number of rotatable bonds is 3. The summed E-state index contributed by atoms with van der Waals surface area (Å²) in [6.45, 7) is 3.76. The van der Waals surface area contributed by atoms with Crippen molar-refractivity contribution in [2.45, 2.75) is 18.7 Å². The van der Waals surface area contributed by atoms with E-state index >= 15 is 0 Å². The van der Waals surface area contributed by atoms with Crippen molar-refractivity contribution < 1.29 is 17.1 Å². The largest absolute Gasteiger partial charge is 0.334 e. The molecule has 0 fully saturated rings. The van der Waals surface area contributed by atoms with Crippen molar-refractivity contribution >= 4 is 33.2 Å². The highest BCUT2D eigenvalue weighted by atomic mass is 32.3. The minimum absolute atomic E-state index is 0.0660. The van der Waals surface area contributed by atoms with Crippen LogP contribution in [0.4, 0.5) is 9.57 Å². The van der Waals surface area contributed by atoms with Crippen LogP contribution < -0.4 is 5.32 Å². The highest BCUT2D eigenvalue weighted by molar-refractivity contribution is 7.86. The average Bonchev–Trinajstić information content (AvgIpc) is 2.69. The van der Waals surface area contributed by atoms with Crippen molar-refractivity contribution in [1.82, 2.24) is 0 Å². The number of aryl methyl sites for hydroxylation is 2. The Morgan fingerprint density at radius 2 is 1.90 bits per heavy atom. The lowest BCUT2D eigenvalue weighted by Gasteiger charge is -2.06. The second-order valence-corrected chi connectivity index (χ2v) is 6.81. The van der Waals surface area contributed by atoms with E-state index in [2.05, 4.69) is 5.32 Å². The summed E-state index contributed by atoms with van der Waals surface area (Å²) in [7, 11) is -4.88. The van der Waals surface area contributed by atoms with Crippen LogP contribution in [0.25, 0.3) is 0 Å². The number of para-hydroxylation sites is 1. The summed E-state index contributed by atoms with van der Waals surface area (Å²) in [4.78, 5) is 12.9. The van der Waals surface area contributed by atoms with Gasteiger partial charge < -0.3 is 5.32 Å². The van der Waals surface area contributed by atoms with Crippen molar-refractivity contribution in [3.05, 3.63) is 45.6 Å². The zero-order valence-electron chi connectivity index (χ0n) is 10.8. The molecule has 1 amide bonds. The topological polar surface area (TPSA) is 63.2 Å². The van der Waals surface area contributed by atoms with Crippen LogP contribution in [0.15, 0.2) is 35.2 Å². The van der Waals surface area contributed by atoms with E-state index in [4.69, 9.17) is 0 Å². The van der Waals surface area contributed by atoms with Gasteiger partial charge in [0.15, 0.2) is 0 Å². The van der Waals surface area contributed by atoms with Gasteiger partial charge in [-0.1, -0.05) is 12.1 Å². The molecule has 0 saturated carbocycles. The van der Waals surface area contributed by atoms with Crippen LogP contribution in [-0.4, -0.2) is 14.3 Å². The van der Waals surface area contributed by atoms with Crippen LogP contribution in [0.2, 0.25) is 0 Å². The van der Waals surface area contributed by atoms with Crippen LogP contribution in [-0.2, 0) is 10.2 Å². The Bertz CT molecular complexity index is 746. The van der Waals surface area contributed by atoms with E-state index in [1.165, 1.54) is 29.5 Å². The second kappa shape index (κ2) is 5.34. The van der Waals surface area contributed by atoms with E-state index in [0.29, 0.717) is 4.88 Å². The van der Waals surface area contributed by atoms with Crippen LogP contribution >= 0.6 is 11.3 Å². The molecule has 0 aliphatic heterocycles. The van der Waals surface area contributed by atoms with Gasteiger partial charge in [0.25, 0.3) is 5.91 Å². The highest BCUT2D eigenvalue weighted by Crippen LogP contribution is 2.25. The van der Waals surface area contributed by atoms with Gasteiger partial charge in [-0.25, -0.2) is 0 Å². The van der Waals surface area contributed by atoms with Crippen LogP contribution in [0.5, 0.6) is 0 Å². The van der Waals surface area contributed by atoms with E-state index < -0.39 is 21.0 Å². The fourth-order valence-electron chi connectivity index (χ4n) is 1.65. The quantitative estimate of drug-likeness (QED) is 0.885. The van der Waals surface area contributed by atoms with Gasteiger partial charge in [-0.3, -0.25) is 4.79 Å². The van der Waals surface area contributed by atoms with E-state index in [9.17, 15) is 17.1 Å². The molecule has 0 saturated heterocycles. The lowest BCUT2D eigenvalue weighted by molar-refractivity contribution is 0.103. The molecule has 1 aromatic carbocycles. The van der Waals surface area contributed by atoms with E-state index in [-0.39, 0.29) is 5.69 Å². The number of amides is 1. The molecule has 1 aromatic heterocycles. The number of benzene rings is 1. The predicted octanol–water partition coefficient (Wildman–Crippen LogP) is 3.28. The maximum absolute atomic E-state index is 13.1. The third-order valence-electron chi connectivity index (χ3n) is 2.79. The maximum Gasteiger partial charge on any atom is 0.334 e. The Hall–Kier alpha value is -1.73. The van der Waals surface area contributed by atoms with Crippen molar-refractivity contribution in [3.63, 3.8) is 0 Å². The molecule has 106 valence electrons. The Labute approximate surface area is 120 Å². The number of anilines is 1. The maximum atomic E-state index is 13.1. The number of nitrogens with one attached hydrogen (secondary N) is 1. The number of carbonyl (C=O) groups is 1. The molecule has 0 spiro atoms. The molecule has 0 radical (unpaired) electrons. The van der Waals surface area contributed by atoms with Gasteiger partial charge in [-0.05, 0) is 37.6 Å². The van der Waals surface area contributed by atoms with E-state index in [0.717, 1.165) is 16.5 Å². The van der Waals surface area contributed by atoms with Crippen LogP contribution in [0.3, 0.4) is 0 Å². The molecule has 0 unspecified atom stereocenters. The van der Waals surface area contributed by atoms with Crippen molar-refractivity contribution in [1.29, 1.82) is 0 Å². The Morgan fingerprint density at radius 1 is 1.25 bits per heavy atom. The molecule has 1 heterocycles. The first-order chi connectivity index (χ1) is 9.29. The molecule has 2 aromatic rings. The number of halogens is 1. The van der Waals surface area contributed by atoms with Gasteiger partial charge in [-0.15, -0.1) is 15.2 Å². The zero-order valence-corrected chi connectivity index (χ0v) is 12.4. The Balaban J connectivity index is 2.33. The van der Waals surface area contributed by atoms with Gasteiger partial charge in [0.05, 0.1) is 10.6 Å². The first-order valence-corrected chi connectivity index (χ1v) is 7.91. The summed E-state index contributed by atoms with van der Waals surface area (Å²) >= 11 is 1.30. The molecule has 0 atom stereocenters. The van der Waals surface area contributed by atoms with Crippen molar-refractivity contribution in [2.24, 2.45) is 0 Å². The third-order valence-corrected chi connectivity index (χ3v) is 4.82. The first-order valence-electron chi connectivity index (χ1n) is 5.71. The number of carbonyl (C=O) groups excluding carboxylic acids is 1. The monoisotopic (exact) mass is 313 g/mol. The predicted molar refractivity (Wildman–Crippen MR) is 76.5 cm³/mol. The Kier molecular flexibility index (Phi) is 3.92. The zero-order chi connectivity index (χ0) is 14.9. The van der Waals surface area contributed by atoms with Crippen molar-refractivity contribution in [2.75, 3.05) is 5.32 Å². The fraction of sp³-hybridized carbons (Fsp3) is 0.154. The summed E-state index contributed by atoms with van der Waals surface area (Å²) in [5.74, 6) is -0.456. The van der Waals surface area contributed by atoms with Gasteiger partial charge >= 0.3 is 10.2 Å². The molecule has 20 heavy (non-hydrogen) atoms. The molecular weight excluding hydrogens is 301 g/mol. The van der Waals surface area contributed by atoms with E-state index in [1.54, 1.807) is 6.07 Å². The second-order valence-electron chi connectivity index (χ2n) is 4.24. The van der Waals surface area contributed by atoms with E-state index in [1.807, 2.05) is 13.8 Å². The number of hydrogen-bond donors (Lipinski definition) is 1. The standard InChI is InChI=1S/C13H12FNO3S2/c1-8-7-11(19-9(8)2)13(16)15-10-5-3-4-6-12(10)20(14,17)18/h3-7H,1-2H3,(H,15,16). The van der Waals surface area contributed by atoms with Gasteiger partial charge in [-0.2, -0.15) is 8.42 Å². The van der Waals surface area contributed by atoms with Gasteiger partial charge in [0.1, 0.15) is 4.90 Å².